The summed E-state index contributed by atoms with van der Waals surface area (Å²) in [4.78, 5) is 23.8. The first-order valence-corrected chi connectivity index (χ1v) is 8.29. The van der Waals surface area contributed by atoms with E-state index in [1.54, 1.807) is 12.1 Å². The maximum atomic E-state index is 11.9. The van der Waals surface area contributed by atoms with E-state index in [-0.39, 0.29) is 11.8 Å². The first-order valence-electron chi connectivity index (χ1n) is 8.29. The van der Waals surface area contributed by atoms with E-state index >= 15 is 0 Å². The predicted octanol–water partition coefficient (Wildman–Crippen LogP) is 2.89. The van der Waals surface area contributed by atoms with E-state index in [4.69, 9.17) is 0 Å². The van der Waals surface area contributed by atoms with Crippen molar-refractivity contribution in [1.29, 1.82) is 0 Å². The highest BCUT2D eigenvalue weighted by atomic mass is 16.2. The zero-order valence-electron chi connectivity index (χ0n) is 13.3. The zero-order chi connectivity index (χ0) is 15.8. The molecule has 0 aromatic heterocycles. The van der Waals surface area contributed by atoms with Crippen molar-refractivity contribution >= 4 is 11.8 Å². The normalized spacial score (nSPS) is 21.1. The van der Waals surface area contributed by atoms with Gasteiger partial charge in [-0.3, -0.25) is 9.59 Å². The molecule has 2 amide bonds. The fraction of sp³-hybridized carbons (Fsp3) is 0.556. The average molecular weight is 302 g/mol. The van der Waals surface area contributed by atoms with E-state index in [1.807, 2.05) is 18.2 Å². The standard InChI is InChI=1S/C18H26N2O2/c1-14-8-5-6-11-16(14)20-17(21)12-7-13-19-18(22)15-9-3-2-4-10-15/h2-4,9-10,14,16H,5-8,11-13H2,1H3,(H,19,22)(H,20,21). The minimum absolute atomic E-state index is 0.0816. The van der Waals surface area contributed by atoms with Gasteiger partial charge < -0.3 is 10.6 Å². The third-order valence-electron chi connectivity index (χ3n) is 4.36. The smallest absolute Gasteiger partial charge is 0.251 e. The molecule has 120 valence electrons. The number of hydrogen-bond acceptors (Lipinski definition) is 2. The van der Waals surface area contributed by atoms with Crippen molar-refractivity contribution in [2.75, 3.05) is 6.54 Å². The minimum atomic E-state index is -0.0816. The van der Waals surface area contributed by atoms with Crippen molar-refractivity contribution in [2.24, 2.45) is 5.92 Å². The van der Waals surface area contributed by atoms with Gasteiger partial charge in [-0.1, -0.05) is 38.0 Å². The monoisotopic (exact) mass is 302 g/mol. The highest BCUT2D eigenvalue weighted by Gasteiger charge is 2.22. The Morgan fingerprint density at radius 2 is 1.86 bits per heavy atom. The molecule has 1 aliphatic carbocycles. The Labute approximate surface area is 132 Å². The van der Waals surface area contributed by atoms with Crippen molar-refractivity contribution in [3.63, 3.8) is 0 Å². The number of rotatable bonds is 6. The van der Waals surface area contributed by atoms with E-state index in [0.717, 1.165) is 6.42 Å². The summed E-state index contributed by atoms with van der Waals surface area (Å²) in [7, 11) is 0. The average Bonchev–Trinajstić information content (AvgIpc) is 2.54. The highest BCUT2D eigenvalue weighted by Crippen LogP contribution is 2.23. The summed E-state index contributed by atoms with van der Waals surface area (Å²) in [5, 5.41) is 5.98. The zero-order valence-corrected chi connectivity index (χ0v) is 13.3. The summed E-state index contributed by atoms with van der Waals surface area (Å²) >= 11 is 0. The number of benzene rings is 1. The molecule has 0 spiro atoms. The maximum Gasteiger partial charge on any atom is 0.251 e. The number of carbonyl (C=O) groups is 2. The second kappa shape index (κ2) is 8.57. The van der Waals surface area contributed by atoms with Crippen LogP contribution in [0.25, 0.3) is 0 Å². The molecular weight excluding hydrogens is 276 g/mol. The first kappa shape index (κ1) is 16.5. The van der Waals surface area contributed by atoms with Crippen LogP contribution in [0.1, 0.15) is 55.8 Å². The van der Waals surface area contributed by atoms with Gasteiger partial charge in [0.15, 0.2) is 0 Å². The highest BCUT2D eigenvalue weighted by molar-refractivity contribution is 5.94. The molecule has 4 heteroatoms. The van der Waals surface area contributed by atoms with E-state index in [2.05, 4.69) is 17.6 Å². The molecule has 0 heterocycles. The first-order chi connectivity index (χ1) is 10.7. The molecular formula is C18H26N2O2. The van der Waals surface area contributed by atoms with Gasteiger partial charge in [-0.25, -0.2) is 0 Å². The molecule has 2 atom stereocenters. The third kappa shape index (κ3) is 5.17. The molecule has 0 bridgehead atoms. The molecule has 1 aromatic carbocycles. The van der Waals surface area contributed by atoms with Crippen LogP contribution in [0.2, 0.25) is 0 Å². The van der Waals surface area contributed by atoms with Crippen molar-refractivity contribution in [3.8, 4) is 0 Å². The van der Waals surface area contributed by atoms with E-state index in [9.17, 15) is 9.59 Å². The Hall–Kier alpha value is -1.84. The summed E-state index contributed by atoms with van der Waals surface area (Å²) in [6.07, 6.45) is 5.93. The molecule has 22 heavy (non-hydrogen) atoms. The Morgan fingerprint density at radius 3 is 2.59 bits per heavy atom. The van der Waals surface area contributed by atoms with Crippen LogP contribution < -0.4 is 10.6 Å². The van der Waals surface area contributed by atoms with Crippen molar-refractivity contribution < 1.29 is 9.59 Å². The second-order valence-corrected chi connectivity index (χ2v) is 6.16. The maximum absolute atomic E-state index is 11.9. The van der Waals surface area contributed by atoms with Gasteiger partial charge >= 0.3 is 0 Å². The Kier molecular flexibility index (Phi) is 6.44. The fourth-order valence-electron chi connectivity index (χ4n) is 2.95. The van der Waals surface area contributed by atoms with Crippen LogP contribution in [-0.4, -0.2) is 24.4 Å². The minimum Gasteiger partial charge on any atom is -0.353 e. The Balaban J connectivity index is 1.62. The molecule has 2 N–H and O–H groups in total. The molecule has 1 aliphatic rings. The van der Waals surface area contributed by atoms with Crippen LogP contribution in [-0.2, 0) is 4.79 Å². The van der Waals surface area contributed by atoms with Crippen LogP contribution in [0.4, 0.5) is 0 Å². The number of carbonyl (C=O) groups excluding carboxylic acids is 2. The van der Waals surface area contributed by atoms with Gasteiger partial charge in [0.05, 0.1) is 0 Å². The topological polar surface area (TPSA) is 58.2 Å². The van der Waals surface area contributed by atoms with Crippen molar-refractivity contribution in [3.05, 3.63) is 35.9 Å². The number of amides is 2. The Bertz CT molecular complexity index is 487. The summed E-state index contributed by atoms with van der Waals surface area (Å²) in [5.41, 5.74) is 0.656. The molecule has 0 radical (unpaired) electrons. The summed E-state index contributed by atoms with van der Waals surface area (Å²) in [6, 6.07) is 9.47. The lowest BCUT2D eigenvalue weighted by Gasteiger charge is -2.29. The molecule has 0 saturated heterocycles. The van der Waals surface area contributed by atoms with Gasteiger partial charge in [0.25, 0.3) is 5.91 Å². The van der Waals surface area contributed by atoms with Gasteiger partial charge in [-0.2, -0.15) is 0 Å². The number of nitrogens with one attached hydrogen (secondary N) is 2. The molecule has 2 unspecified atom stereocenters. The summed E-state index contributed by atoms with van der Waals surface area (Å²) < 4.78 is 0. The van der Waals surface area contributed by atoms with Gasteiger partial charge in [-0.05, 0) is 37.3 Å². The van der Waals surface area contributed by atoms with E-state index in [0.29, 0.717) is 36.9 Å². The Morgan fingerprint density at radius 1 is 1.14 bits per heavy atom. The van der Waals surface area contributed by atoms with Gasteiger partial charge in [-0.15, -0.1) is 0 Å². The largest absolute Gasteiger partial charge is 0.353 e. The lowest BCUT2D eigenvalue weighted by molar-refractivity contribution is -0.122. The molecule has 1 saturated carbocycles. The lowest BCUT2D eigenvalue weighted by atomic mass is 9.86. The van der Waals surface area contributed by atoms with Crippen molar-refractivity contribution in [2.45, 2.75) is 51.5 Å². The SMILES string of the molecule is CC1CCCCC1NC(=O)CCCNC(=O)c1ccccc1. The number of hydrogen-bond donors (Lipinski definition) is 2. The summed E-state index contributed by atoms with van der Waals surface area (Å²) in [5.74, 6) is 0.602. The molecule has 0 aliphatic heterocycles. The van der Waals surface area contributed by atoms with E-state index in [1.165, 1.54) is 19.3 Å². The summed E-state index contributed by atoms with van der Waals surface area (Å²) in [6.45, 7) is 2.74. The second-order valence-electron chi connectivity index (χ2n) is 6.16. The molecule has 1 aromatic rings. The van der Waals surface area contributed by atoms with Gasteiger partial charge in [0, 0.05) is 24.6 Å². The van der Waals surface area contributed by atoms with Crippen LogP contribution in [0.3, 0.4) is 0 Å². The van der Waals surface area contributed by atoms with Crippen LogP contribution >= 0.6 is 0 Å². The van der Waals surface area contributed by atoms with Crippen LogP contribution in [0, 0.1) is 5.92 Å². The molecule has 2 rings (SSSR count). The van der Waals surface area contributed by atoms with Gasteiger partial charge in [0.2, 0.25) is 5.91 Å². The molecule has 1 fully saturated rings. The predicted molar refractivity (Wildman–Crippen MR) is 87.6 cm³/mol. The van der Waals surface area contributed by atoms with Crippen molar-refractivity contribution in [1.82, 2.24) is 10.6 Å². The quantitative estimate of drug-likeness (QED) is 0.794. The fourth-order valence-corrected chi connectivity index (χ4v) is 2.95. The third-order valence-corrected chi connectivity index (χ3v) is 4.36. The van der Waals surface area contributed by atoms with Crippen LogP contribution in [0.15, 0.2) is 30.3 Å². The van der Waals surface area contributed by atoms with Gasteiger partial charge in [0.1, 0.15) is 0 Å². The lowest BCUT2D eigenvalue weighted by Crippen LogP contribution is -2.41. The van der Waals surface area contributed by atoms with E-state index < -0.39 is 0 Å². The molecule has 4 nitrogen and oxygen atoms in total. The van der Waals surface area contributed by atoms with Crippen LogP contribution in [0.5, 0.6) is 0 Å².